The zero-order chi connectivity index (χ0) is 39.8. The van der Waals surface area contributed by atoms with Crippen molar-refractivity contribution in [3.63, 3.8) is 0 Å². The van der Waals surface area contributed by atoms with Crippen LogP contribution in [0.25, 0.3) is 77.2 Å². The van der Waals surface area contributed by atoms with Crippen molar-refractivity contribution in [1.29, 1.82) is 0 Å². The highest BCUT2D eigenvalue weighted by molar-refractivity contribution is 6.06. The smallest absolute Gasteiger partial charge is 0.136 e. The molecule has 288 valence electrons. The van der Waals surface area contributed by atoms with Gasteiger partial charge in [0.25, 0.3) is 0 Å². The fourth-order valence-electron chi connectivity index (χ4n) is 9.67. The first-order valence-corrected chi connectivity index (χ1v) is 21.4. The lowest BCUT2D eigenvalue weighted by Gasteiger charge is -2.29. The van der Waals surface area contributed by atoms with Crippen molar-refractivity contribution in [3.8, 4) is 44.5 Å². The van der Waals surface area contributed by atoms with Gasteiger partial charge >= 0.3 is 0 Å². The molecule has 60 heavy (non-hydrogen) atoms. The Labute approximate surface area is 352 Å². The molecule has 1 saturated carbocycles. The largest absolute Gasteiger partial charge is 0.456 e. The van der Waals surface area contributed by atoms with Crippen molar-refractivity contribution in [1.82, 2.24) is 0 Å². The number of hydrogen-bond acceptors (Lipinski definition) is 2. The van der Waals surface area contributed by atoms with Crippen LogP contribution < -0.4 is 4.90 Å². The van der Waals surface area contributed by atoms with E-state index in [0.29, 0.717) is 5.92 Å². The molecule has 9 aromatic carbocycles. The zero-order valence-electron chi connectivity index (χ0n) is 33.6. The SMILES string of the molecule is c1ccc(-c2ccc(-c3ccc(N(c4ccc(-c5ccc6c(c5)oc5ccccc56)cc4)c4ccccc4-c4cccc5cccc(C6CCCCC6)c45)cc3)cc2)cc1. The van der Waals surface area contributed by atoms with Gasteiger partial charge in [-0.2, -0.15) is 0 Å². The molecule has 0 bridgehead atoms. The second-order valence-corrected chi connectivity index (χ2v) is 16.3. The molecular weight excluding hydrogens is 727 g/mol. The molecule has 10 aromatic rings. The van der Waals surface area contributed by atoms with Gasteiger partial charge in [0, 0.05) is 27.7 Å². The minimum atomic E-state index is 0.590. The minimum absolute atomic E-state index is 0.590. The van der Waals surface area contributed by atoms with E-state index in [4.69, 9.17) is 4.42 Å². The number of fused-ring (bicyclic) bond motifs is 4. The van der Waals surface area contributed by atoms with Gasteiger partial charge < -0.3 is 9.32 Å². The van der Waals surface area contributed by atoms with Crippen LogP contribution in [0.15, 0.2) is 211 Å². The predicted molar refractivity (Wildman–Crippen MR) is 253 cm³/mol. The van der Waals surface area contributed by atoms with Gasteiger partial charge in [0.2, 0.25) is 0 Å². The standard InChI is InChI=1S/C58H45NO/c1-3-13-40(14-4-1)41-25-27-42(28-26-41)43-29-34-48(35-30-43)59(49-36-31-44(32-37-49)47-33-38-53-52-20-8-10-24-56(52)60-57(53)39-47)55-23-9-7-19-51(55)54-22-12-18-46-17-11-21-50(58(46)54)45-15-5-2-6-16-45/h1,3-4,7-14,17-39,45H,2,5-6,15-16H2. The van der Waals surface area contributed by atoms with Crippen molar-refractivity contribution in [2.75, 3.05) is 4.90 Å². The number of para-hydroxylation sites is 2. The van der Waals surface area contributed by atoms with Gasteiger partial charge in [-0.15, -0.1) is 0 Å². The number of furan rings is 1. The molecule has 11 rings (SSSR count). The van der Waals surface area contributed by atoms with Crippen LogP contribution >= 0.6 is 0 Å². The first kappa shape index (κ1) is 36.0. The van der Waals surface area contributed by atoms with Crippen LogP contribution in [-0.2, 0) is 0 Å². The zero-order valence-corrected chi connectivity index (χ0v) is 33.6. The monoisotopic (exact) mass is 771 g/mol. The molecule has 0 radical (unpaired) electrons. The fraction of sp³-hybridized carbons (Fsp3) is 0.103. The average molecular weight is 772 g/mol. The molecule has 1 aromatic heterocycles. The van der Waals surface area contributed by atoms with Crippen LogP contribution in [0.5, 0.6) is 0 Å². The van der Waals surface area contributed by atoms with E-state index in [1.807, 2.05) is 12.1 Å². The van der Waals surface area contributed by atoms with Crippen LogP contribution in [0, 0.1) is 0 Å². The maximum atomic E-state index is 6.28. The van der Waals surface area contributed by atoms with Crippen LogP contribution in [0.4, 0.5) is 17.1 Å². The molecule has 2 nitrogen and oxygen atoms in total. The van der Waals surface area contributed by atoms with Gasteiger partial charge in [-0.05, 0) is 123 Å². The van der Waals surface area contributed by atoms with Gasteiger partial charge in [-0.1, -0.05) is 177 Å². The van der Waals surface area contributed by atoms with E-state index in [-0.39, 0.29) is 0 Å². The Bertz CT molecular complexity index is 3090. The number of anilines is 3. The Hall–Kier alpha value is -7.16. The molecule has 0 unspecified atom stereocenters. The molecule has 0 spiro atoms. The molecule has 1 fully saturated rings. The Kier molecular flexibility index (Phi) is 9.32. The molecule has 0 amide bonds. The first-order valence-electron chi connectivity index (χ1n) is 21.4. The van der Waals surface area contributed by atoms with Crippen LogP contribution in [0.3, 0.4) is 0 Å². The van der Waals surface area contributed by atoms with Gasteiger partial charge in [0.15, 0.2) is 0 Å². The Morgan fingerprint density at radius 1 is 0.383 bits per heavy atom. The summed E-state index contributed by atoms with van der Waals surface area (Å²) in [7, 11) is 0. The Balaban J connectivity index is 1.02. The van der Waals surface area contributed by atoms with Crippen molar-refractivity contribution in [2.24, 2.45) is 0 Å². The Morgan fingerprint density at radius 2 is 0.917 bits per heavy atom. The predicted octanol–water partition coefficient (Wildman–Crippen LogP) is 16.9. The summed E-state index contributed by atoms with van der Waals surface area (Å²) in [6.07, 6.45) is 6.49. The van der Waals surface area contributed by atoms with Crippen molar-refractivity contribution in [3.05, 3.63) is 212 Å². The quantitative estimate of drug-likeness (QED) is 0.153. The summed E-state index contributed by atoms with van der Waals surface area (Å²) in [5.41, 5.74) is 16.3. The van der Waals surface area contributed by atoms with E-state index in [1.54, 1.807) is 0 Å². The third-order valence-electron chi connectivity index (χ3n) is 12.7. The highest BCUT2D eigenvalue weighted by atomic mass is 16.3. The molecule has 0 N–H and O–H groups in total. The summed E-state index contributed by atoms with van der Waals surface area (Å²) in [6, 6.07) is 75.2. The van der Waals surface area contributed by atoms with E-state index in [2.05, 4.69) is 199 Å². The molecule has 1 aliphatic carbocycles. The van der Waals surface area contributed by atoms with E-state index in [9.17, 15) is 0 Å². The second kappa shape index (κ2) is 15.5. The number of rotatable bonds is 8. The number of nitrogens with zero attached hydrogens (tertiary/aromatic N) is 1. The normalized spacial score (nSPS) is 13.3. The van der Waals surface area contributed by atoms with Gasteiger partial charge in [0.05, 0.1) is 5.69 Å². The third kappa shape index (κ3) is 6.65. The molecule has 1 aliphatic rings. The topological polar surface area (TPSA) is 16.4 Å². The summed E-state index contributed by atoms with van der Waals surface area (Å²) >= 11 is 0. The fourth-order valence-corrected chi connectivity index (χ4v) is 9.67. The summed E-state index contributed by atoms with van der Waals surface area (Å²) in [4.78, 5) is 2.44. The van der Waals surface area contributed by atoms with E-state index < -0.39 is 0 Å². The van der Waals surface area contributed by atoms with Crippen molar-refractivity contribution in [2.45, 2.75) is 38.0 Å². The summed E-state index contributed by atoms with van der Waals surface area (Å²) in [5, 5.41) is 5.00. The highest BCUT2D eigenvalue weighted by Crippen LogP contribution is 2.46. The van der Waals surface area contributed by atoms with Crippen LogP contribution in [0.2, 0.25) is 0 Å². The number of benzene rings is 9. The van der Waals surface area contributed by atoms with E-state index in [1.165, 1.54) is 81.8 Å². The summed E-state index contributed by atoms with van der Waals surface area (Å²) in [5.74, 6) is 0.590. The lowest BCUT2D eigenvalue weighted by Crippen LogP contribution is -2.11. The lowest BCUT2D eigenvalue weighted by molar-refractivity contribution is 0.445. The minimum Gasteiger partial charge on any atom is -0.456 e. The molecule has 1 heterocycles. The van der Waals surface area contributed by atoms with E-state index in [0.717, 1.165) is 50.1 Å². The average Bonchev–Trinajstić information content (AvgIpc) is 3.71. The number of hydrogen-bond donors (Lipinski definition) is 0. The molecular formula is C58H45NO. The molecule has 0 atom stereocenters. The van der Waals surface area contributed by atoms with Gasteiger partial charge in [-0.3, -0.25) is 0 Å². The van der Waals surface area contributed by atoms with Crippen molar-refractivity contribution >= 4 is 49.8 Å². The molecule has 0 aliphatic heterocycles. The summed E-state index contributed by atoms with van der Waals surface area (Å²) in [6.45, 7) is 0. The Morgan fingerprint density at radius 3 is 1.63 bits per heavy atom. The van der Waals surface area contributed by atoms with Gasteiger partial charge in [-0.25, -0.2) is 0 Å². The van der Waals surface area contributed by atoms with Crippen LogP contribution in [-0.4, -0.2) is 0 Å². The van der Waals surface area contributed by atoms with Crippen molar-refractivity contribution < 1.29 is 4.42 Å². The summed E-state index contributed by atoms with van der Waals surface area (Å²) < 4.78 is 6.28. The third-order valence-corrected chi connectivity index (χ3v) is 12.7. The molecule has 0 saturated heterocycles. The molecule has 2 heteroatoms. The van der Waals surface area contributed by atoms with Crippen LogP contribution in [0.1, 0.15) is 43.6 Å². The highest BCUT2D eigenvalue weighted by Gasteiger charge is 2.23. The van der Waals surface area contributed by atoms with Gasteiger partial charge in [0.1, 0.15) is 11.2 Å². The lowest BCUT2D eigenvalue weighted by atomic mass is 9.80. The second-order valence-electron chi connectivity index (χ2n) is 16.3. The maximum Gasteiger partial charge on any atom is 0.136 e. The first-order chi connectivity index (χ1) is 29.7. The van der Waals surface area contributed by atoms with E-state index >= 15 is 0 Å². The maximum absolute atomic E-state index is 6.28.